The molecule has 0 radical (unpaired) electrons. The lowest BCUT2D eigenvalue weighted by Crippen LogP contribution is -2.43. The van der Waals surface area contributed by atoms with Crippen molar-refractivity contribution in [1.29, 1.82) is 0 Å². The zero-order chi connectivity index (χ0) is 12.4. The molecular formula is C11H16N4O2. The number of nitrogens with zero attached hydrogens (tertiary/aromatic N) is 3. The van der Waals surface area contributed by atoms with Crippen LogP contribution in [-0.4, -0.2) is 39.6 Å². The van der Waals surface area contributed by atoms with Crippen molar-refractivity contribution in [1.82, 2.24) is 20.0 Å². The second-order valence-corrected chi connectivity index (χ2v) is 4.23. The Kier molecular flexibility index (Phi) is 3.12. The molecule has 0 bridgehead atoms. The summed E-state index contributed by atoms with van der Waals surface area (Å²) in [4.78, 5) is 24.3. The van der Waals surface area contributed by atoms with Crippen LogP contribution in [0.5, 0.6) is 0 Å². The van der Waals surface area contributed by atoms with Gasteiger partial charge in [0.05, 0.1) is 31.0 Å². The number of nitrogens with one attached hydrogen (secondary N) is 1. The molecule has 0 saturated carbocycles. The van der Waals surface area contributed by atoms with Crippen LogP contribution in [0, 0.1) is 6.92 Å². The first-order chi connectivity index (χ1) is 8.06. The minimum absolute atomic E-state index is 0.0506. The Labute approximate surface area is 99.6 Å². The first kappa shape index (κ1) is 11.6. The number of carbonyl (C=O) groups excluding carboxylic acids is 2. The number of hydrogen-bond acceptors (Lipinski definition) is 3. The maximum Gasteiger partial charge on any atom is 0.242 e. The average Bonchev–Trinajstić information content (AvgIpc) is 2.64. The number of hydrogen-bond donors (Lipinski definition) is 1. The molecule has 2 amide bonds. The molecule has 0 spiro atoms. The molecule has 1 N–H and O–H groups in total. The van der Waals surface area contributed by atoms with E-state index in [1.54, 1.807) is 4.90 Å². The van der Waals surface area contributed by atoms with Crippen molar-refractivity contribution in [2.45, 2.75) is 26.9 Å². The number of rotatable bonds is 2. The number of amides is 2. The summed E-state index contributed by atoms with van der Waals surface area (Å²) < 4.78 is 1.93. The Balaban J connectivity index is 1.97. The Morgan fingerprint density at radius 3 is 2.94 bits per heavy atom. The maximum absolute atomic E-state index is 11.8. The Morgan fingerprint density at radius 1 is 1.47 bits per heavy atom. The van der Waals surface area contributed by atoms with Gasteiger partial charge in [0, 0.05) is 13.5 Å². The normalized spacial score (nSPS) is 14.4. The number of aryl methyl sites for hydroxylation is 1. The van der Waals surface area contributed by atoms with Crippen LogP contribution in [0.4, 0.5) is 0 Å². The van der Waals surface area contributed by atoms with E-state index in [1.807, 2.05) is 17.7 Å². The number of aromatic nitrogens is 2. The largest absolute Gasteiger partial charge is 0.347 e. The van der Waals surface area contributed by atoms with Crippen LogP contribution in [0.1, 0.15) is 18.3 Å². The summed E-state index contributed by atoms with van der Waals surface area (Å²) >= 11 is 0. The van der Waals surface area contributed by atoms with Crippen LogP contribution >= 0.6 is 0 Å². The van der Waals surface area contributed by atoms with E-state index in [1.165, 1.54) is 6.92 Å². The van der Waals surface area contributed by atoms with E-state index >= 15 is 0 Å². The molecule has 1 aliphatic rings. The summed E-state index contributed by atoms with van der Waals surface area (Å²) in [6, 6.07) is 1.98. The van der Waals surface area contributed by atoms with Gasteiger partial charge in [-0.15, -0.1) is 0 Å². The van der Waals surface area contributed by atoms with E-state index in [2.05, 4.69) is 10.4 Å². The van der Waals surface area contributed by atoms with E-state index in [0.29, 0.717) is 13.1 Å². The van der Waals surface area contributed by atoms with Crippen molar-refractivity contribution in [3.63, 3.8) is 0 Å². The fraction of sp³-hybridized carbons (Fsp3) is 0.545. The Bertz CT molecular complexity index is 452. The van der Waals surface area contributed by atoms with Gasteiger partial charge in [-0.2, -0.15) is 5.10 Å². The van der Waals surface area contributed by atoms with Crippen molar-refractivity contribution >= 4 is 11.8 Å². The summed E-state index contributed by atoms with van der Waals surface area (Å²) in [7, 11) is 0. The van der Waals surface area contributed by atoms with Gasteiger partial charge in [0.15, 0.2) is 0 Å². The fourth-order valence-electron chi connectivity index (χ4n) is 1.93. The molecule has 2 heterocycles. The molecule has 0 saturated heterocycles. The van der Waals surface area contributed by atoms with Gasteiger partial charge in [-0.25, -0.2) is 0 Å². The van der Waals surface area contributed by atoms with E-state index in [-0.39, 0.29) is 18.4 Å². The molecule has 17 heavy (non-hydrogen) atoms. The van der Waals surface area contributed by atoms with Gasteiger partial charge in [-0.05, 0) is 13.0 Å². The minimum Gasteiger partial charge on any atom is -0.347 e. The Morgan fingerprint density at radius 2 is 2.24 bits per heavy atom. The molecule has 1 aromatic rings. The molecular weight excluding hydrogens is 220 g/mol. The standard InChI is InChI=1S/C11H16N4O2/c1-8-5-10-7-14(3-4-15(10)13-8)11(17)6-12-9(2)16/h5H,3-4,6-7H2,1-2H3,(H,12,16). The SMILES string of the molecule is CC(=O)NCC(=O)N1CCn2nc(C)cc2C1. The third-order valence-electron chi connectivity index (χ3n) is 2.76. The molecule has 0 aromatic carbocycles. The average molecular weight is 236 g/mol. The van der Waals surface area contributed by atoms with Gasteiger partial charge < -0.3 is 10.2 Å². The third-order valence-corrected chi connectivity index (χ3v) is 2.76. The summed E-state index contributed by atoms with van der Waals surface area (Å²) in [6.45, 7) is 5.35. The van der Waals surface area contributed by atoms with Gasteiger partial charge >= 0.3 is 0 Å². The lowest BCUT2D eigenvalue weighted by Gasteiger charge is -2.27. The van der Waals surface area contributed by atoms with E-state index < -0.39 is 0 Å². The van der Waals surface area contributed by atoms with Crippen molar-refractivity contribution in [2.24, 2.45) is 0 Å². The molecule has 92 valence electrons. The predicted octanol–water partition coefficient (Wildman–Crippen LogP) is -0.330. The minimum atomic E-state index is -0.184. The summed E-state index contributed by atoms with van der Waals surface area (Å²) in [5.41, 5.74) is 2.01. The smallest absolute Gasteiger partial charge is 0.242 e. The maximum atomic E-state index is 11.8. The zero-order valence-corrected chi connectivity index (χ0v) is 10.1. The van der Waals surface area contributed by atoms with Gasteiger partial charge in [-0.1, -0.05) is 0 Å². The van der Waals surface area contributed by atoms with Crippen molar-refractivity contribution < 1.29 is 9.59 Å². The zero-order valence-electron chi connectivity index (χ0n) is 10.1. The van der Waals surface area contributed by atoms with Crippen LogP contribution in [0.3, 0.4) is 0 Å². The van der Waals surface area contributed by atoms with Crippen molar-refractivity contribution in [3.05, 3.63) is 17.5 Å². The molecule has 6 heteroatoms. The van der Waals surface area contributed by atoms with Gasteiger partial charge in [-0.3, -0.25) is 14.3 Å². The highest BCUT2D eigenvalue weighted by Gasteiger charge is 2.21. The summed E-state index contributed by atoms with van der Waals surface area (Å²) in [6.07, 6.45) is 0. The van der Waals surface area contributed by atoms with Crippen molar-refractivity contribution in [2.75, 3.05) is 13.1 Å². The second-order valence-electron chi connectivity index (χ2n) is 4.23. The molecule has 1 aromatic heterocycles. The lowest BCUT2D eigenvalue weighted by atomic mass is 10.3. The first-order valence-corrected chi connectivity index (χ1v) is 5.62. The highest BCUT2D eigenvalue weighted by molar-refractivity contribution is 5.83. The number of carbonyl (C=O) groups is 2. The fourth-order valence-corrected chi connectivity index (χ4v) is 1.93. The van der Waals surface area contributed by atoms with Crippen LogP contribution in [0.2, 0.25) is 0 Å². The lowest BCUT2D eigenvalue weighted by molar-refractivity contribution is -0.133. The number of fused-ring (bicyclic) bond motifs is 1. The van der Waals surface area contributed by atoms with Gasteiger partial charge in [0.1, 0.15) is 0 Å². The van der Waals surface area contributed by atoms with Gasteiger partial charge in [0.25, 0.3) is 0 Å². The van der Waals surface area contributed by atoms with Crippen molar-refractivity contribution in [3.8, 4) is 0 Å². The van der Waals surface area contributed by atoms with Crippen LogP contribution in [-0.2, 0) is 22.7 Å². The highest BCUT2D eigenvalue weighted by atomic mass is 16.2. The Hall–Kier alpha value is -1.85. The molecule has 0 aliphatic carbocycles. The van der Waals surface area contributed by atoms with E-state index in [9.17, 15) is 9.59 Å². The molecule has 6 nitrogen and oxygen atoms in total. The summed E-state index contributed by atoms with van der Waals surface area (Å²) in [5.74, 6) is -0.235. The molecule has 0 fully saturated rings. The highest BCUT2D eigenvalue weighted by Crippen LogP contribution is 2.12. The predicted molar refractivity (Wildman–Crippen MR) is 61.1 cm³/mol. The van der Waals surface area contributed by atoms with Crippen LogP contribution < -0.4 is 5.32 Å². The van der Waals surface area contributed by atoms with Gasteiger partial charge in [0.2, 0.25) is 11.8 Å². The quantitative estimate of drug-likeness (QED) is 0.764. The van der Waals surface area contributed by atoms with Crippen LogP contribution in [0.15, 0.2) is 6.07 Å². The molecule has 0 atom stereocenters. The topological polar surface area (TPSA) is 67.2 Å². The molecule has 2 rings (SSSR count). The summed E-state index contributed by atoms with van der Waals surface area (Å²) in [5, 5.41) is 6.85. The molecule has 1 aliphatic heterocycles. The second kappa shape index (κ2) is 4.57. The van der Waals surface area contributed by atoms with E-state index in [4.69, 9.17) is 0 Å². The first-order valence-electron chi connectivity index (χ1n) is 5.62. The third kappa shape index (κ3) is 2.64. The van der Waals surface area contributed by atoms with E-state index in [0.717, 1.165) is 17.9 Å². The van der Waals surface area contributed by atoms with Crippen LogP contribution in [0.25, 0.3) is 0 Å². The molecule has 0 unspecified atom stereocenters. The monoisotopic (exact) mass is 236 g/mol.